The van der Waals surface area contributed by atoms with E-state index in [0.29, 0.717) is 5.15 Å². The molecule has 0 saturated heterocycles. The van der Waals surface area contributed by atoms with Crippen LogP contribution in [0.5, 0.6) is 0 Å². The number of pyridine rings is 1. The van der Waals surface area contributed by atoms with E-state index >= 15 is 0 Å². The van der Waals surface area contributed by atoms with Crippen LogP contribution in [0.4, 0.5) is 0 Å². The zero-order valence-corrected chi connectivity index (χ0v) is 11.4. The third-order valence-corrected chi connectivity index (χ3v) is 4.26. The molecule has 2 nitrogen and oxygen atoms in total. The Balaban J connectivity index is 2.13. The molecule has 0 aliphatic carbocycles. The van der Waals surface area contributed by atoms with Crippen LogP contribution in [0.1, 0.15) is 11.1 Å². The van der Waals surface area contributed by atoms with Gasteiger partial charge in [0, 0.05) is 29.4 Å². The molecule has 0 bridgehead atoms. The summed E-state index contributed by atoms with van der Waals surface area (Å²) in [6.07, 6.45) is 2.83. The number of rotatable bonds is 0. The second-order valence-corrected chi connectivity index (χ2v) is 5.44. The van der Waals surface area contributed by atoms with Gasteiger partial charge in [0.1, 0.15) is 0 Å². The number of aromatic nitrogens is 2. The van der Waals surface area contributed by atoms with Crippen LogP contribution in [0, 0.1) is 6.92 Å². The van der Waals surface area contributed by atoms with Crippen molar-refractivity contribution in [3.63, 3.8) is 0 Å². The minimum absolute atomic E-state index is 0.598. The topological polar surface area (TPSA) is 17.8 Å². The molecule has 0 fully saturated rings. The van der Waals surface area contributed by atoms with Crippen molar-refractivity contribution in [1.82, 2.24) is 9.55 Å². The third-order valence-electron chi connectivity index (χ3n) is 3.98. The summed E-state index contributed by atoms with van der Waals surface area (Å²) in [5.41, 5.74) is 6.45. The lowest BCUT2D eigenvalue weighted by atomic mass is 9.94. The van der Waals surface area contributed by atoms with Gasteiger partial charge in [-0.3, -0.25) is 0 Å². The Hall–Kier alpha value is -1.80. The fraction of sp³-hybridized carbons (Fsp3) is 0.188. The summed E-state index contributed by atoms with van der Waals surface area (Å²) in [6, 6.07) is 10.8. The lowest BCUT2D eigenvalue weighted by molar-refractivity contribution is 0.708. The highest BCUT2D eigenvalue weighted by Crippen LogP contribution is 2.38. The van der Waals surface area contributed by atoms with E-state index in [9.17, 15) is 0 Å². The first kappa shape index (κ1) is 11.1. The second kappa shape index (κ2) is 3.84. The largest absolute Gasteiger partial charge is 0.338 e. The smallest absolute Gasteiger partial charge is 0.153 e. The van der Waals surface area contributed by atoms with Crippen molar-refractivity contribution < 1.29 is 0 Å². The first-order valence-corrected chi connectivity index (χ1v) is 6.86. The van der Waals surface area contributed by atoms with Crippen LogP contribution in [-0.4, -0.2) is 9.55 Å². The first-order valence-electron chi connectivity index (χ1n) is 6.48. The second-order valence-electron chi connectivity index (χ2n) is 5.08. The molecule has 3 aromatic rings. The van der Waals surface area contributed by atoms with E-state index in [0.717, 1.165) is 18.5 Å². The van der Waals surface area contributed by atoms with Crippen LogP contribution in [0.2, 0.25) is 5.15 Å². The summed E-state index contributed by atoms with van der Waals surface area (Å²) < 4.78 is 2.31. The molecule has 19 heavy (non-hydrogen) atoms. The van der Waals surface area contributed by atoms with Gasteiger partial charge in [-0.25, -0.2) is 4.98 Å². The quantitative estimate of drug-likeness (QED) is 0.558. The Bertz CT molecular complexity index is 802. The summed E-state index contributed by atoms with van der Waals surface area (Å²) in [5, 5.41) is 1.77. The molecule has 0 amide bonds. The van der Waals surface area contributed by atoms with E-state index in [1.807, 2.05) is 6.07 Å². The molecule has 0 saturated carbocycles. The number of benzene rings is 1. The number of hydrogen-bond donors (Lipinski definition) is 0. The normalized spacial score (nSPS) is 13.4. The number of halogens is 1. The standard InChI is InChI=1S/C16H13ClN2/c1-10-3-2-4-11-6-8-19-13(14(10)11)9-12-5-7-18-16(17)15(12)19/h2-5,7,9H,6,8H2,1H3. The van der Waals surface area contributed by atoms with Gasteiger partial charge in [0.15, 0.2) is 5.15 Å². The molecule has 0 N–H and O–H groups in total. The molecular formula is C16H13ClN2. The van der Waals surface area contributed by atoms with Gasteiger partial charge in [0.05, 0.1) is 5.52 Å². The molecule has 4 rings (SSSR count). The van der Waals surface area contributed by atoms with Crippen molar-refractivity contribution in [2.75, 3.05) is 0 Å². The van der Waals surface area contributed by atoms with E-state index in [4.69, 9.17) is 11.6 Å². The Morgan fingerprint density at radius 1 is 1.26 bits per heavy atom. The predicted octanol–water partition coefficient (Wildman–Crippen LogP) is 4.22. The van der Waals surface area contributed by atoms with Crippen molar-refractivity contribution in [3.8, 4) is 11.3 Å². The van der Waals surface area contributed by atoms with E-state index in [1.165, 1.54) is 27.8 Å². The molecule has 1 aliphatic heterocycles. The SMILES string of the molecule is Cc1cccc2c1-c1cc3ccnc(Cl)c3n1CC2. The average molecular weight is 269 g/mol. The first-order chi connectivity index (χ1) is 9.25. The molecular weight excluding hydrogens is 256 g/mol. The van der Waals surface area contributed by atoms with Crippen LogP contribution in [0.25, 0.3) is 22.2 Å². The fourth-order valence-electron chi connectivity index (χ4n) is 3.15. The molecule has 94 valence electrons. The van der Waals surface area contributed by atoms with Crippen LogP contribution >= 0.6 is 11.6 Å². The Morgan fingerprint density at radius 3 is 3.05 bits per heavy atom. The van der Waals surface area contributed by atoms with Gasteiger partial charge >= 0.3 is 0 Å². The number of nitrogens with zero attached hydrogens (tertiary/aromatic N) is 2. The lowest BCUT2D eigenvalue weighted by Crippen LogP contribution is -2.11. The molecule has 3 heterocycles. The maximum absolute atomic E-state index is 6.27. The van der Waals surface area contributed by atoms with Crippen molar-refractivity contribution in [3.05, 3.63) is 52.8 Å². The molecule has 0 atom stereocenters. The van der Waals surface area contributed by atoms with Crippen LogP contribution in [0.15, 0.2) is 36.5 Å². The third kappa shape index (κ3) is 1.47. The molecule has 2 aromatic heterocycles. The lowest BCUT2D eigenvalue weighted by Gasteiger charge is -2.21. The number of hydrogen-bond acceptors (Lipinski definition) is 1. The van der Waals surface area contributed by atoms with Gasteiger partial charge < -0.3 is 4.57 Å². The summed E-state index contributed by atoms with van der Waals surface area (Å²) in [4.78, 5) is 4.21. The highest BCUT2D eigenvalue weighted by molar-refractivity contribution is 6.34. The molecule has 1 aromatic carbocycles. The maximum atomic E-state index is 6.27. The molecule has 0 spiro atoms. The van der Waals surface area contributed by atoms with Crippen molar-refractivity contribution in [2.45, 2.75) is 19.9 Å². The Labute approximate surface area is 116 Å². The number of fused-ring (bicyclic) bond motifs is 5. The Morgan fingerprint density at radius 2 is 2.16 bits per heavy atom. The summed E-state index contributed by atoms with van der Waals surface area (Å²) in [5.74, 6) is 0. The highest BCUT2D eigenvalue weighted by Gasteiger charge is 2.21. The van der Waals surface area contributed by atoms with E-state index in [2.05, 4.69) is 40.7 Å². The molecule has 1 aliphatic rings. The minimum Gasteiger partial charge on any atom is -0.338 e. The van der Waals surface area contributed by atoms with Gasteiger partial charge in [-0.05, 0) is 36.6 Å². The van der Waals surface area contributed by atoms with Crippen molar-refractivity contribution >= 4 is 22.5 Å². The van der Waals surface area contributed by atoms with E-state index in [-0.39, 0.29) is 0 Å². The van der Waals surface area contributed by atoms with Gasteiger partial charge in [0.2, 0.25) is 0 Å². The predicted molar refractivity (Wildman–Crippen MR) is 78.6 cm³/mol. The summed E-state index contributed by atoms with van der Waals surface area (Å²) in [6.45, 7) is 3.15. The number of aryl methyl sites for hydroxylation is 3. The van der Waals surface area contributed by atoms with Crippen LogP contribution in [0.3, 0.4) is 0 Å². The Kier molecular flexibility index (Phi) is 2.24. The van der Waals surface area contributed by atoms with Crippen molar-refractivity contribution in [1.29, 1.82) is 0 Å². The molecule has 3 heteroatoms. The molecule has 0 radical (unpaired) electrons. The monoisotopic (exact) mass is 268 g/mol. The van der Waals surface area contributed by atoms with E-state index < -0.39 is 0 Å². The zero-order valence-electron chi connectivity index (χ0n) is 10.7. The fourth-order valence-corrected chi connectivity index (χ4v) is 3.41. The summed E-state index contributed by atoms with van der Waals surface area (Å²) in [7, 11) is 0. The van der Waals surface area contributed by atoms with E-state index in [1.54, 1.807) is 6.20 Å². The molecule has 0 unspecified atom stereocenters. The summed E-state index contributed by atoms with van der Waals surface area (Å²) >= 11 is 6.27. The van der Waals surface area contributed by atoms with Gasteiger partial charge in [-0.1, -0.05) is 29.8 Å². The zero-order chi connectivity index (χ0) is 13.0. The van der Waals surface area contributed by atoms with Gasteiger partial charge in [0.25, 0.3) is 0 Å². The average Bonchev–Trinajstić information content (AvgIpc) is 2.78. The highest BCUT2D eigenvalue weighted by atomic mass is 35.5. The van der Waals surface area contributed by atoms with Gasteiger partial charge in [-0.15, -0.1) is 0 Å². The minimum atomic E-state index is 0.598. The van der Waals surface area contributed by atoms with Crippen LogP contribution in [-0.2, 0) is 13.0 Å². The maximum Gasteiger partial charge on any atom is 0.153 e. The van der Waals surface area contributed by atoms with Crippen LogP contribution < -0.4 is 0 Å². The van der Waals surface area contributed by atoms with Gasteiger partial charge in [-0.2, -0.15) is 0 Å². The van der Waals surface area contributed by atoms with Crippen molar-refractivity contribution in [2.24, 2.45) is 0 Å².